The van der Waals surface area contributed by atoms with E-state index in [1.807, 2.05) is 31.2 Å². The van der Waals surface area contributed by atoms with Gasteiger partial charge in [-0.05, 0) is 42.3 Å². The zero-order valence-electron chi connectivity index (χ0n) is 16.9. The van der Waals surface area contributed by atoms with E-state index < -0.39 is 15.8 Å². The first kappa shape index (κ1) is 20.8. The molecule has 0 amide bonds. The molecule has 7 heteroatoms. The average Bonchev–Trinajstić information content (AvgIpc) is 2.75. The van der Waals surface area contributed by atoms with Gasteiger partial charge in [0.05, 0.1) is 12.2 Å². The Morgan fingerprint density at radius 3 is 2.45 bits per heavy atom. The molecule has 0 spiro atoms. The van der Waals surface area contributed by atoms with E-state index in [0.717, 1.165) is 16.7 Å². The average molecular weight is 437 g/mol. The Bertz CT molecular complexity index is 1270. The Kier molecular flexibility index (Phi) is 5.61. The van der Waals surface area contributed by atoms with Crippen molar-refractivity contribution < 1.29 is 17.6 Å². The number of fused-ring (bicyclic) bond motifs is 1. The van der Waals surface area contributed by atoms with Gasteiger partial charge >= 0.3 is 0 Å². The molecular formula is C24H21FN2O3S. The third kappa shape index (κ3) is 4.22. The Hall–Kier alpha value is -3.45. The van der Waals surface area contributed by atoms with Gasteiger partial charge in [-0.25, -0.2) is 12.8 Å². The molecule has 3 aromatic carbocycles. The van der Waals surface area contributed by atoms with E-state index in [-0.39, 0.29) is 23.8 Å². The van der Waals surface area contributed by atoms with Gasteiger partial charge in [0, 0.05) is 18.3 Å². The smallest absolute Gasteiger partial charge is 0.270 e. The normalized spacial score (nSPS) is 16.3. The monoisotopic (exact) mass is 436 g/mol. The predicted octanol–water partition coefficient (Wildman–Crippen LogP) is 4.30. The number of halogens is 1. The van der Waals surface area contributed by atoms with Crippen LogP contribution < -0.4 is 9.62 Å². The first-order valence-corrected chi connectivity index (χ1v) is 11.2. The first-order chi connectivity index (χ1) is 14.9. The van der Waals surface area contributed by atoms with Crippen molar-refractivity contribution >= 4 is 21.5 Å². The summed E-state index contributed by atoms with van der Waals surface area (Å²) in [5, 5.41) is 2.89. The number of hydrogen-bond acceptors (Lipinski definition) is 4. The van der Waals surface area contributed by atoms with Crippen LogP contribution in [0.3, 0.4) is 0 Å². The summed E-state index contributed by atoms with van der Waals surface area (Å²) < 4.78 is 41.2. The number of ketones is 1. The highest BCUT2D eigenvalue weighted by molar-refractivity contribution is 7.97. The number of carbonyl (C=O) groups is 1. The van der Waals surface area contributed by atoms with Crippen LogP contribution in [0.1, 0.15) is 27.0 Å². The van der Waals surface area contributed by atoms with Crippen LogP contribution in [0, 0.1) is 12.7 Å². The van der Waals surface area contributed by atoms with Crippen LogP contribution in [-0.4, -0.2) is 14.2 Å². The Balaban J connectivity index is 1.69. The van der Waals surface area contributed by atoms with Gasteiger partial charge in [0.1, 0.15) is 5.82 Å². The Morgan fingerprint density at radius 2 is 1.71 bits per heavy atom. The van der Waals surface area contributed by atoms with Gasteiger partial charge < -0.3 is 5.32 Å². The first-order valence-electron chi connectivity index (χ1n) is 9.76. The fourth-order valence-electron chi connectivity index (χ4n) is 3.53. The van der Waals surface area contributed by atoms with Crippen molar-refractivity contribution in [2.24, 2.45) is 0 Å². The van der Waals surface area contributed by atoms with Gasteiger partial charge in [0.25, 0.3) is 10.0 Å². The molecule has 158 valence electrons. The van der Waals surface area contributed by atoms with Crippen molar-refractivity contribution in [1.29, 1.82) is 0 Å². The quantitative estimate of drug-likeness (QED) is 0.606. The number of aryl methyl sites for hydroxylation is 1. The molecule has 0 unspecified atom stereocenters. The minimum absolute atomic E-state index is 0.115. The SMILES string of the molecule is Cc1cccc(CN2c3ccccc3C(=O)/C(=C\NCc3ccc(F)cc3)S2(=O)=O)c1. The molecule has 3 aromatic rings. The van der Waals surface area contributed by atoms with Crippen molar-refractivity contribution in [2.45, 2.75) is 20.0 Å². The maximum atomic E-state index is 13.4. The number of rotatable bonds is 5. The standard InChI is InChI=1S/C24H21FN2O3S/c1-17-5-4-6-19(13-17)16-27-22-8-3-2-7-21(22)24(28)23(31(27,29)30)15-26-14-18-9-11-20(25)12-10-18/h2-13,15,26H,14,16H2,1H3/b23-15+. The van der Waals surface area contributed by atoms with Crippen molar-refractivity contribution in [3.63, 3.8) is 0 Å². The van der Waals surface area contributed by atoms with Crippen molar-refractivity contribution in [3.8, 4) is 0 Å². The predicted molar refractivity (Wildman–Crippen MR) is 118 cm³/mol. The van der Waals surface area contributed by atoms with Crippen LogP contribution in [0.4, 0.5) is 10.1 Å². The van der Waals surface area contributed by atoms with Gasteiger partial charge in [-0.3, -0.25) is 9.10 Å². The van der Waals surface area contributed by atoms with Crippen LogP contribution in [0.15, 0.2) is 83.9 Å². The fraction of sp³-hybridized carbons (Fsp3) is 0.125. The highest BCUT2D eigenvalue weighted by Gasteiger charge is 2.39. The minimum atomic E-state index is -4.08. The number of anilines is 1. The number of nitrogens with zero attached hydrogens (tertiary/aromatic N) is 1. The highest BCUT2D eigenvalue weighted by Crippen LogP contribution is 2.36. The van der Waals surface area contributed by atoms with E-state index >= 15 is 0 Å². The summed E-state index contributed by atoms with van der Waals surface area (Å²) in [4.78, 5) is 12.7. The van der Waals surface area contributed by atoms with E-state index in [0.29, 0.717) is 11.3 Å². The molecule has 0 saturated heterocycles. The summed E-state index contributed by atoms with van der Waals surface area (Å²) in [5.41, 5.74) is 3.31. The van der Waals surface area contributed by atoms with Crippen LogP contribution in [0.25, 0.3) is 0 Å². The number of allylic oxidation sites excluding steroid dienone is 1. The molecule has 0 aliphatic carbocycles. The lowest BCUT2D eigenvalue weighted by atomic mass is 10.1. The summed E-state index contributed by atoms with van der Waals surface area (Å²) in [6.45, 7) is 2.31. The van der Waals surface area contributed by atoms with Gasteiger partial charge in [-0.15, -0.1) is 0 Å². The Labute approximate surface area is 180 Å². The number of sulfonamides is 1. The zero-order chi connectivity index (χ0) is 22.0. The number of Topliss-reactive ketones (excluding diaryl/α,β-unsaturated/α-hetero) is 1. The molecule has 0 saturated carbocycles. The molecule has 1 N–H and O–H groups in total. The number of hydrogen-bond donors (Lipinski definition) is 1. The molecule has 31 heavy (non-hydrogen) atoms. The Morgan fingerprint density at radius 1 is 0.968 bits per heavy atom. The van der Waals surface area contributed by atoms with E-state index in [2.05, 4.69) is 5.32 Å². The molecule has 0 aromatic heterocycles. The summed E-state index contributed by atoms with van der Waals surface area (Å²) in [7, 11) is -4.08. The molecule has 0 radical (unpaired) electrons. The number of nitrogens with one attached hydrogen (secondary N) is 1. The lowest BCUT2D eigenvalue weighted by Gasteiger charge is -2.31. The second kappa shape index (κ2) is 8.35. The summed E-state index contributed by atoms with van der Waals surface area (Å²) >= 11 is 0. The molecule has 1 aliphatic heterocycles. The van der Waals surface area contributed by atoms with E-state index in [1.54, 1.807) is 36.4 Å². The largest absolute Gasteiger partial charge is 0.386 e. The number of benzene rings is 3. The third-order valence-electron chi connectivity index (χ3n) is 5.07. The molecule has 1 heterocycles. The second-order valence-electron chi connectivity index (χ2n) is 7.36. The van der Waals surface area contributed by atoms with Crippen LogP contribution in [-0.2, 0) is 23.1 Å². The fourth-order valence-corrected chi connectivity index (χ4v) is 5.08. The van der Waals surface area contributed by atoms with E-state index in [4.69, 9.17) is 0 Å². The van der Waals surface area contributed by atoms with Crippen molar-refractivity contribution in [3.05, 3.63) is 112 Å². The van der Waals surface area contributed by atoms with Gasteiger partial charge in [0.15, 0.2) is 4.91 Å². The van der Waals surface area contributed by atoms with Gasteiger partial charge in [-0.1, -0.05) is 54.1 Å². The topological polar surface area (TPSA) is 66.5 Å². The van der Waals surface area contributed by atoms with Crippen LogP contribution in [0.5, 0.6) is 0 Å². The van der Waals surface area contributed by atoms with Gasteiger partial charge in [-0.2, -0.15) is 0 Å². The maximum absolute atomic E-state index is 13.4. The third-order valence-corrected chi connectivity index (χ3v) is 6.84. The van der Waals surface area contributed by atoms with Crippen molar-refractivity contribution in [2.75, 3.05) is 4.31 Å². The maximum Gasteiger partial charge on any atom is 0.270 e. The second-order valence-corrected chi connectivity index (χ2v) is 9.19. The van der Waals surface area contributed by atoms with E-state index in [1.165, 1.54) is 22.6 Å². The summed E-state index contributed by atoms with van der Waals surface area (Å²) in [5.74, 6) is -0.904. The number of para-hydroxylation sites is 1. The molecule has 1 aliphatic rings. The lowest BCUT2D eigenvalue weighted by molar-refractivity contribution is 0.104. The highest BCUT2D eigenvalue weighted by atomic mass is 32.2. The summed E-state index contributed by atoms with van der Waals surface area (Å²) in [6.07, 6.45) is 1.24. The minimum Gasteiger partial charge on any atom is -0.386 e. The zero-order valence-corrected chi connectivity index (χ0v) is 17.7. The molecular weight excluding hydrogens is 415 g/mol. The van der Waals surface area contributed by atoms with E-state index in [9.17, 15) is 17.6 Å². The summed E-state index contributed by atoms with van der Waals surface area (Å²) in [6, 6.07) is 20.1. The van der Waals surface area contributed by atoms with Crippen LogP contribution in [0.2, 0.25) is 0 Å². The van der Waals surface area contributed by atoms with Gasteiger partial charge in [0.2, 0.25) is 5.78 Å². The molecule has 0 fully saturated rings. The molecule has 5 nitrogen and oxygen atoms in total. The lowest BCUT2D eigenvalue weighted by Crippen LogP contribution is -2.39. The number of carbonyl (C=O) groups excluding carboxylic acids is 1. The molecule has 4 rings (SSSR count). The van der Waals surface area contributed by atoms with Crippen LogP contribution >= 0.6 is 0 Å². The molecule has 0 bridgehead atoms. The molecule has 0 atom stereocenters. The van der Waals surface area contributed by atoms with Crippen molar-refractivity contribution in [1.82, 2.24) is 5.32 Å².